The lowest BCUT2D eigenvalue weighted by molar-refractivity contribution is -0.819. The Morgan fingerprint density at radius 3 is 2.33 bits per heavy atom. The molecule has 2 nitrogen and oxygen atoms in total. The van der Waals surface area contributed by atoms with Gasteiger partial charge in [-0.2, -0.15) is 0 Å². The van der Waals surface area contributed by atoms with Gasteiger partial charge in [0.2, 0.25) is 4.32 Å². The number of piperazine rings is 1. The average Bonchev–Trinajstić information content (AvgIpc) is 2.09. The van der Waals surface area contributed by atoms with Crippen molar-refractivity contribution < 1.29 is 4.48 Å². The smallest absolute Gasteiger partial charge is 0.233 e. The molecule has 4 heteroatoms. The third kappa shape index (κ3) is 2.19. The Kier molecular flexibility index (Phi) is 3.52. The minimum absolute atomic E-state index is 0.973. The molecule has 1 heterocycles. The van der Waals surface area contributed by atoms with Crippen LogP contribution in [0.3, 0.4) is 0 Å². The van der Waals surface area contributed by atoms with Gasteiger partial charge in [0.25, 0.3) is 0 Å². The summed E-state index contributed by atoms with van der Waals surface area (Å²) < 4.78 is 2.10. The Hall–Kier alpha value is 0.360. The zero-order chi connectivity index (χ0) is 9.19. The first-order valence-corrected chi connectivity index (χ1v) is 5.83. The first-order chi connectivity index (χ1) is 5.58. The summed E-state index contributed by atoms with van der Waals surface area (Å²) in [5.41, 5.74) is 0. The molecule has 1 fully saturated rings. The Morgan fingerprint density at radius 1 is 1.42 bits per heavy atom. The van der Waals surface area contributed by atoms with Crippen molar-refractivity contribution in [3.05, 3.63) is 0 Å². The van der Waals surface area contributed by atoms with Crippen molar-refractivity contribution in [2.75, 3.05) is 46.5 Å². The number of nitrogens with zero attached hydrogens (tertiary/aromatic N) is 2. The molecule has 0 N–H and O–H groups in total. The van der Waals surface area contributed by atoms with Crippen LogP contribution < -0.4 is 0 Å². The predicted octanol–water partition coefficient (Wildman–Crippen LogP) is 1.03. The van der Waals surface area contributed by atoms with Crippen molar-refractivity contribution in [3.8, 4) is 0 Å². The van der Waals surface area contributed by atoms with E-state index in [1.165, 1.54) is 0 Å². The Morgan fingerprint density at radius 2 is 1.92 bits per heavy atom. The van der Waals surface area contributed by atoms with Crippen LogP contribution in [-0.4, -0.2) is 60.2 Å². The van der Waals surface area contributed by atoms with Gasteiger partial charge < -0.3 is 0 Å². The molecule has 0 unspecified atom stereocenters. The molecule has 0 radical (unpaired) electrons. The lowest BCUT2D eigenvalue weighted by Crippen LogP contribution is -2.57. The van der Waals surface area contributed by atoms with Crippen molar-refractivity contribution >= 4 is 28.3 Å². The van der Waals surface area contributed by atoms with Crippen molar-refractivity contribution in [1.82, 2.24) is 4.90 Å². The molecule has 1 rings (SSSR count). The molecular formula is C8H17N2S2+. The normalized spacial score (nSPS) is 23.9. The highest BCUT2D eigenvalue weighted by Gasteiger charge is 2.31. The number of hydrogen-bond acceptors (Lipinski definition) is 3. The zero-order valence-electron chi connectivity index (χ0n) is 8.04. The summed E-state index contributed by atoms with van der Waals surface area (Å²) in [6.45, 7) is 4.65. The maximum absolute atomic E-state index is 5.34. The summed E-state index contributed by atoms with van der Waals surface area (Å²) in [6, 6.07) is 0. The standard InChI is InChI=1S/C8H17N2S2/c1-9-4-6-10(2,7-5-9)8(11)12-3/h4-7H2,1-3H3/q+1. The van der Waals surface area contributed by atoms with Crippen LogP contribution in [0.15, 0.2) is 0 Å². The second-order valence-electron chi connectivity index (χ2n) is 3.62. The number of likely N-dealkylation sites (N-methyl/N-ethyl adjacent to an activating group) is 2. The molecule has 0 saturated carbocycles. The van der Waals surface area contributed by atoms with Gasteiger partial charge in [0, 0.05) is 13.1 Å². The van der Waals surface area contributed by atoms with E-state index in [1.807, 2.05) is 0 Å². The van der Waals surface area contributed by atoms with Gasteiger partial charge in [-0.1, -0.05) is 11.8 Å². The van der Waals surface area contributed by atoms with E-state index < -0.39 is 0 Å². The summed E-state index contributed by atoms with van der Waals surface area (Å²) in [5, 5.41) is 0. The maximum Gasteiger partial charge on any atom is 0.233 e. The lowest BCUT2D eigenvalue weighted by atomic mass is 10.3. The van der Waals surface area contributed by atoms with Crippen LogP contribution in [0.4, 0.5) is 0 Å². The Balaban J connectivity index is 2.55. The van der Waals surface area contributed by atoms with E-state index >= 15 is 0 Å². The molecule has 1 aliphatic heterocycles. The van der Waals surface area contributed by atoms with Crippen molar-refractivity contribution in [2.45, 2.75) is 0 Å². The van der Waals surface area contributed by atoms with Crippen LogP contribution >= 0.6 is 24.0 Å². The van der Waals surface area contributed by atoms with E-state index in [-0.39, 0.29) is 0 Å². The summed E-state index contributed by atoms with van der Waals surface area (Å²) in [4.78, 5) is 2.36. The fourth-order valence-electron chi connectivity index (χ4n) is 1.41. The first kappa shape index (κ1) is 10.4. The van der Waals surface area contributed by atoms with Crippen LogP contribution in [0.2, 0.25) is 0 Å². The zero-order valence-corrected chi connectivity index (χ0v) is 9.67. The molecule has 70 valence electrons. The molecular weight excluding hydrogens is 188 g/mol. The van der Waals surface area contributed by atoms with Gasteiger partial charge in [-0.05, 0) is 25.5 Å². The van der Waals surface area contributed by atoms with Gasteiger partial charge >= 0.3 is 0 Å². The number of rotatable bonds is 0. The molecule has 0 bridgehead atoms. The molecule has 1 saturated heterocycles. The van der Waals surface area contributed by atoms with E-state index in [0.29, 0.717) is 0 Å². The highest BCUT2D eigenvalue weighted by molar-refractivity contribution is 8.22. The maximum atomic E-state index is 5.34. The van der Waals surface area contributed by atoms with Gasteiger partial charge in [0.15, 0.2) is 0 Å². The molecule has 0 aliphatic carbocycles. The topological polar surface area (TPSA) is 3.24 Å². The van der Waals surface area contributed by atoms with Crippen LogP contribution in [0.1, 0.15) is 0 Å². The first-order valence-electron chi connectivity index (χ1n) is 4.20. The summed E-state index contributed by atoms with van der Waals surface area (Å²) in [7, 11) is 4.41. The quantitative estimate of drug-likeness (QED) is 0.429. The Bertz CT molecular complexity index is 174. The predicted molar refractivity (Wildman–Crippen MR) is 59.5 cm³/mol. The summed E-state index contributed by atoms with van der Waals surface area (Å²) in [5.74, 6) is 0. The minimum atomic E-state index is 0.973. The number of hydrogen-bond donors (Lipinski definition) is 0. The van der Waals surface area contributed by atoms with Crippen molar-refractivity contribution in [3.63, 3.8) is 0 Å². The number of quaternary nitrogens is 1. The molecule has 1 aliphatic rings. The van der Waals surface area contributed by atoms with Crippen LogP contribution in [-0.2, 0) is 0 Å². The molecule has 0 aromatic rings. The van der Waals surface area contributed by atoms with Gasteiger partial charge in [-0.25, -0.2) is 0 Å². The third-order valence-corrected chi connectivity index (χ3v) is 4.30. The fourth-order valence-corrected chi connectivity index (χ4v) is 2.22. The molecule has 0 amide bonds. The average molecular weight is 205 g/mol. The Labute approximate surface area is 84.5 Å². The van der Waals surface area contributed by atoms with E-state index in [4.69, 9.17) is 12.2 Å². The van der Waals surface area contributed by atoms with Gasteiger partial charge in [0.1, 0.15) is 0 Å². The van der Waals surface area contributed by atoms with Gasteiger partial charge in [0.05, 0.1) is 20.1 Å². The SMILES string of the molecule is CSC(=S)[N+]1(C)CCN(C)CC1. The summed E-state index contributed by atoms with van der Waals surface area (Å²) in [6.07, 6.45) is 2.07. The summed E-state index contributed by atoms with van der Waals surface area (Å²) >= 11 is 7.06. The molecule has 0 atom stereocenters. The van der Waals surface area contributed by atoms with Gasteiger partial charge in [-0.15, -0.1) is 0 Å². The third-order valence-electron chi connectivity index (χ3n) is 2.57. The number of thioether (sulfide) groups is 1. The molecule has 12 heavy (non-hydrogen) atoms. The van der Waals surface area contributed by atoms with E-state index in [0.717, 1.165) is 35.0 Å². The second kappa shape index (κ2) is 4.05. The number of thiocarbonyl (C=S) groups is 1. The van der Waals surface area contributed by atoms with Crippen molar-refractivity contribution in [2.24, 2.45) is 0 Å². The van der Waals surface area contributed by atoms with E-state index in [2.05, 4.69) is 25.3 Å². The lowest BCUT2D eigenvalue weighted by Gasteiger charge is -2.39. The van der Waals surface area contributed by atoms with Gasteiger partial charge in [-0.3, -0.25) is 9.38 Å². The largest absolute Gasteiger partial charge is 0.295 e. The van der Waals surface area contributed by atoms with Crippen LogP contribution in [0.25, 0.3) is 0 Å². The van der Waals surface area contributed by atoms with Crippen LogP contribution in [0.5, 0.6) is 0 Å². The van der Waals surface area contributed by atoms with Crippen LogP contribution in [0, 0.1) is 0 Å². The fraction of sp³-hybridized carbons (Fsp3) is 0.875. The van der Waals surface area contributed by atoms with E-state index in [9.17, 15) is 0 Å². The van der Waals surface area contributed by atoms with Crippen molar-refractivity contribution in [1.29, 1.82) is 0 Å². The second-order valence-corrected chi connectivity index (χ2v) is 5.06. The molecule has 0 aromatic carbocycles. The monoisotopic (exact) mass is 205 g/mol. The molecule has 0 spiro atoms. The molecule has 0 aromatic heterocycles. The van der Waals surface area contributed by atoms with E-state index in [1.54, 1.807) is 11.8 Å². The highest BCUT2D eigenvalue weighted by Crippen LogP contribution is 2.16. The minimum Gasteiger partial charge on any atom is -0.295 e. The highest BCUT2D eigenvalue weighted by atomic mass is 32.2.